The van der Waals surface area contributed by atoms with Crippen molar-refractivity contribution >= 4 is 22.6 Å². The first kappa shape index (κ1) is 19.6. The minimum Gasteiger partial charge on any atom is -0.378 e. The van der Waals surface area contributed by atoms with Crippen molar-refractivity contribution in [1.29, 1.82) is 0 Å². The highest BCUT2D eigenvalue weighted by Crippen LogP contribution is 2.15. The van der Waals surface area contributed by atoms with E-state index in [2.05, 4.69) is 15.3 Å². The number of ketones is 1. The molecular weight excluding hydrogens is 358 g/mol. The van der Waals surface area contributed by atoms with Crippen LogP contribution in [0.25, 0.3) is 11.2 Å². The molecule has 2 heterocycles. The summed E-state index contributed by atoms with van der Waals surface area (Å²) in [5, 5.41) is 3.27. The number of hydrogen-bond acceptors (Lipinski definition) is 5. The molecule has 0 fully saturated rings. The number of hydrogen-bond donors (Lipinski definition) is 2. The molecule has 0 atom stereocenters. The van der Waals surface area contributed by atoms with Crippen molar-refractivity contribution < 1.29 is 4.79 Å². The zero-order chi connectivity index (χ0) is 20.3. The van der Waals surface area contributed by atoms with Crippen LogP contribution in [0.15, 0.2) is 33.9 Å². The second-order valence-corrected chi connectivity index (χ2v) is 6.70. The summed E-state index contributed by atoms with van der Waals surface area (Å²) in [6.07, 6.45) is 1.77. The lowest BCUT2D eigenvalue weighted by molar-refractivity contribution is 0.101. The van der Waals surface area contributed by atoms with E-state index >= 15 is 0 Å². The number of nitrogens with one attached hydrogen (secondary N) is 2. The highest BCUT2D eigenvalue weighted by Gasteiger charge is 2.17. The summed E-state index contributed by atoms with van der Waals surface area (Å²) in [4.78, 5) is 43.1. The molecule has 1 aromatic carbocycles. The van der Waals surface area contributed by atoms with E-state index in [0.29, 0.717) is 42.2 Å². The number of fused-ring (bicyclic) bond motifs is 1. The summed E-state index contributed by atoms with van der Waals surface area (Å²) < 4.78 is 3.37. The Morgan fingerprint density at radius 3 is 2.46 bits per heavy atom. The number of carbonyl (C=O) groups is 1. The standard InChI is InChI=1S/C20H25N5O3/c1-4-6-11-25-18-17(19(27)23-20(25)28)24(5-2)16(22-18)12-21-15-9-7-14(8-10-15)13(3)26/h7-10,21H,4-6,11-12H2,1-3H3,(H,23,27,28). The summed E-state index contributed by atoms with van der Waals surface area (Å²) in [5.41, 5.74) is 1.50. The molecule has 0 radical (unpaired) electrons. The normalized spacial score (nSPS) is 11.1. The van der Waals surface area contributed by atoms with Gasteiger partial charge in [0.1, 0.15) is 5.82 Å². The predicted octanol–water partition coefficient (Wildman–Crippen LogP) is 2.52. The number of carbonyl (C=O) groups excluding carboxylic acids is 1. The van der Waals surface area contributed by atoms with Crippen molar-refractivity contribution in [2.75, 3.05) is 5.32 Å². The zero-order valence-electron chi connectivity index (χ0n) is 16.4. The molecule has 0 saturated carbocycles. The van der Waals surface area contributed by atoms with Gasteiger partial charge in [-0.1, -0.05) is 13.3 Å². The third-order valence-corrected chi connectivity index (χ3v) is 4.76. The number of rotatable bonds is 8. The molecule has 0 bridgehead atoms. The SMILES string of the molecule is CCCCn1c(=O)[nH]c(=O)c2c1nc(CNc1ccc(C(C)=O)cc1)n2CC. The van der Waals surface area contributed by atoms with Gasteiger partial charge in [-0.3, -0.25) is 19.1 Å². The molecule has 0 aliphatic rings. The van der Waals surface area contributed by atoms with Gasteiger partial charge in [0.15, 0.2) is 16.9 Å². The predicted molar refractivity (Wildman–Crippen MR) is 109 cm³/mol. The van der Waals surface area contributed by atoms with Gasteiger partial charge in [0.25, 0.3) is 5.56 Å². The lowest BCUT2D eigenvalue weighted by atomic mass is 10.1. The number of H-pyrrole nitrogens is 1. The number of aromatic nitrogens is 4. The first-order chi connectivity index (χ1) is 13.5. The lowest BCUT2D eigenvalue weighted by Crippen LogP contribution is -2.31. The van der Waals surface area contributed by atoms with Gasteiger partial charge in [-0.05, 0) is 44.5 Å². The van der Waals surface area contributed by atoms with Crippen molar-refractivity contribution in [3.05, 3.63) is 56.5 Å². The van der Waals surface area contributed by atoms with Gasteiger partial charge in [-0.15, -0.1) is 0 Å². The molecule has 2 N–H and O–H groups in total. The van der Waals surface area contributed by atoms with Crippen molar-refractivity contribution in [2.45, 2.75) is 53.2 Å². The molecule has 0 saturated heterocycles. The molecule has 28 heavy (non-hydrogen) atoms. The molecule has 148 valence electrons. The molecule has 8 heteroatoms. The molecule has 0 amide bonds. The zero-order valence-corrected chi connectivity index (χ0v) is 16.4. The fraction of sp³-hybridized carbons (Fsp3) is 0.400. The van der Waals surface area contributed by atoms with E-state index in [4.69, 9.17) is 0 Å². The molecule has 0 aliphatic carbocycles. The van der Waals surface area contributed by atoms with E-state index in [1.54, 1.807) is 12.1 Å². The smallest absolute Gasteiger partial charge is 0.330 e. The molecule has 8 nitrogen and oxygen atoms in total. The maximum absolute atomic E-state index is 12.4. The Kier molecular flexibility index (Phi) is 5.77. The molecule has 3 rings (SSSR count). The van der Waals surface area contributed by atoms with Crippen LogP contribution in [0.2, 0.25) is 0 Å². The van der Waals surface area contributed by atoms with Gasteiger partial charge in [0, 0.05) is 24.3 Å². The van der Waals surface area contributed by atoms with Crippen molar-refractivity contribution in [2.24, 2.45) is 0 Å². The second-order valence-electron chi connectivity index (χ2n) is 6.70. The van der Waals surface area contributed by atoms with Crippen LogP contribution in [-0.4, -0.2) is 24.9 Å². The quantitative estimate of drug-likeness (QED) is 0.582. The maximum Gasteiger partial charge on any atom is 0.330 e. The van der Waals surface area contributed by atoms with Crippen LogP contribution < -0.4 is 16.6 Å². The number of aromatic amines is 1. The Hall–Kier alpha value is -3.16. The Morgan fingerprint density at radius 1 is 1.14 bits per heavy atom. The summed E-state index contributed by atoms with van der Waals surface area (Å²) in [7, 11) is 0. The largest absolute Gasteiger partial charge is 0.378 e. The van der Waals surface area contributed by atoms with Crippen molar-refractivity contribution in [3.8, 4) is 0 Å². The van der Waals surface area contributed by atoms with E-state index in [9.17, 15) is 14.4 Å². The Balaban J connectivity index is 1.96. The molecule has 0 unspecified atom stereocenters. The summed E-state index contributed by atoms with van der Waals surface area (Å²) in [5.74, 6) is 0.693. The highest BCUT2D eigenvalue weighted by molar-refractivity contribution is 5.94. The fourth-order valence-corrected chi connectivity index (χ4v) is 3.22. The van der Waals surface area contributed by atoms with Gasteiger partial charge in [0.05, 0.1) is 6.54 Å². The van der Waals surface area contributed by atoms with Crippen LogP contribution in [0.3, 0.4) is 0 Å². The van der Waals surface area contributed by atoms with E-state index in [1.165, 1.54) is 11.5 Å². The molecule has 2 aromatic heterocycles. The van der Waals surface area contributed by atoms with Gasteiger partial charge < -0.3 is 9.88 Å². The lowest BCUT2D eigenvalue weighted by Gasteiger charge is -2.08. The number of anilines is 1. The van der Waals surface area contributed by atoms with E-state index < -0.39 is 11.2 Å². The first-order valence-electron chi connectivity index (χ1n) is 9.53. The molecule has 0 spiro atoms. The number of nitrogens with zero attached hydrogens (tertiary/aromatic N) is 3. The Morgan fingerprint density at radius 2 is 1.86 bits per heavy atom. The van der Waals surface area contributed by atoms with Gasteiger partial charge in [-0.25, -0.2) is 9.78 Å². The average Bonchev–Trinajstić information content (AvgIpc) is 3.05. The minimum atomic E-state index is -0.425. The molecule has 3 aromatic rings. The number of unbranched alkanes of at least 4 members (excludes halogenated alkanes) is 1. The van der Waals surface area contributed by atoms with Gasteiger partial charge in [-0.2, -0.15) is 0 Å². The van der Waals surface area contributed by atoms with Crippen LogP contribution in [0.4, 0.5) is 5.69 Å². The number of benzene rings is 1. The Labute approximate surface area is 162 Å². The van der Waals surface area contributed by atoms with Crippen LogP contribution in [0.5, 0.6) is 0 Å². The molecular formula is C20H25N5O3. The third-order valence-electron chi connectivity index (χ3n) is 4.76. The topological polar surface area (TPSA) is 102 Å². The van der Waals surface area contributed by atoms with Crippen LogP contribution >= 0.6 is 0 Å². The minimum absolute atomic E-state index is 0.0172. The first-order valence-corrected chi connectivity index (χ1v) is 9.53. The van der Waals surface area contributed by atoms with Crippen LogP contribution in [0.1, 0.15) is 49.8 Å². The number of imidazole rings is 1. The summed E-state index contributed by atoms with van der Waals surface area (Å²) in [6, 6.07) is 7.19. The van der Waals surface area contributed by atoms with Crippen molar-refractivity contribution in [1.82, 2.24) is 19.1 Å². The number of Topliss-reactive ketones (excluding diaryl/α,β-unsaturated/α-hetero) is 1. The van der Waals surface area contributed by atoms with Gasteiger partial charge in [0.2, 0.25) is 0 Å². The van der Waals surface area contributed by atoms with Crippen LogP contribution in [0, 0.1) is 0 Å². The van der Waals surface area contributed by atoms with Crippen LogP contribution in [-0.2, 0) is 19.6 Å². The average molecular weight is 383 g/mol. The second kappa shape index (κ2) is 8.24. The Bertz CT molecular complexity index is 1110. The molecule has 0 aliphatic heterocycles. The summed E-state index contributed by atoms with van der Waals surface area (Å²) >= 11 is 0. The van der Waals surface area contributed by atoms with Crippen molar-refractivity contribution in [3.63, 3.8) is 0 Å². The van der Waals surface area contributed by atoms with E-state index in [0.717, 1.165) is 18.5 Å². The van der Waals surface area contributed by atoms with Gasteiger partial charge >= 0.3 is 5.69 Å². The summed E-state index contributed by atoms with van der Waals surface area (Å²) in [6.45, 7) is 6.98. The van der Waals surface area contributed by atoms with E-state index in [1.807, 2.05) is 30.5 Å². The van der Waals surface area contributed by atoms with E-state index in [-0.39, 0.29) is 5.78 Å². The fourth-order valence-electron chi connectivity index (χ4n) is 3.22. The third kappa shape index (κ3) is 3.76. The highest BCUT2D eigenvalue weighted by atomic mass is 16.2. The monoisotopic (exact) mass is 383 g/mol. The maximum atomic E-state index is 12.4. The number of aryl methyl sites for hydroxylation is 2.